The van der Waals surface area contributed by atoms with Crippen LogP contribution in [0.4, 0.5) is 0 Å². The first-order valence-electron chi connectivity index (χ1n) is 9.37. The highest BCUT2D eigenvalue weighted by Crippen LogP contribution is 2.34. The van der Waals surface area contributed by atoms with E-state index in [1.54, 1.807) is 17.0 Å². The summed E-state index contributed by atoms with van der Waals surface area (Å²) in [7, 11) is 0. The monoisotopic (exact) mass is 423 g/mol. The first kappa shape index (κ1) is 22.2. The van der Waals surface area contributed by atoms with Crippen LogP contribution in [0.2, 0.25) is 0 Å². The molecule has 0 aliphatic carbocycles. The van der Waals surface area contributed by atoms with Crippen LogP contribution in [0.25, 0.3) is 6.08 Å². The van der Waals surface area contributed by atoms with Crippen LogP contribution in [0, 0.1) is 0 Å². The van der Waals surface area contributed by atoms with E-state index in [2.05, 4.69) is 0 Å². The molecule has 1 aliphatic heterocycles. The molecule has 6 nitrogen and oxygen atoms in total. The predicted molar refractivity (Wildman–Crippen MR) is 114 cm³/mol. The van der Waals surface area contributed by atoms with Crippen molar-refractivity contribution in [3.63, 3.8) is 0 Å². The van der Waals surface area contributed by atoms with Gasteiger partial charge in [0.15, 0.2) is 11.5 Å². The summed E-state index contributed by atoms with van der Waals surface area (Å²) in [6.45, 7) is 0.585. The molecule has 0 aromatic heterocycles. The smallest absolute Gasteiger partial charge is 0.303 e. The second kappa shape index (κ2) is 11.1. The fourth-order valence-corrected chi connectivity index (χ4v) is 4.21. The van der Waals surface area contributed by atoms with Gasteiger partial charge in [-0.3, -0.25) is 14.5 Å². The van der Waals surface area contributed by atoms with Gasteiger partial charge in [-0.2, -0.15) is 0 Å². The normalized spacial score (nSPS) is 15.6. The Morgan fingerprint density at radius 3 is 2.32 bits per heavy atom. The molecule has 0 bridgehead atoms. The molecule has 1 aromatic rings. The fraction of sp³-hybridized carbons (Fsp3) is 0.450. The Balaban J connectivity index is 1.72. The number of nitrogens with zero attached hydrogens (tertiary/aromatic N) is 1. The van der Waals surface area contributed by atoms with Gasteiger partial charge >= 0.3 is 5.97 Å². The zero-order chi connectivity index (χ0) is 20.5. The second-order valence-electron chi connectivity index (χ2n) is 6.70. The molecular weight excluding hydrogens is 398 g/mol. The molecule has 0 spiro atoms. The van der Waals surface area contributed by atoms with Crippen LogP contribution >= 0.6 is 24.0 Å². The molecule has 2 rings (SSSR count). The average molecular weight is 424 g/mol. The van der Waals surface area contributed by atoms with Crippen LogP contribution in [0.3, 0.4) is 0 Å². The van der Waals surface area contributed by atoms with Gasteiger partial charge in [0.2, 0.25) is 0 Å². The SMILES string of the molecule is O=C(O)CCCCCCCCCN1C(=O)/C(=C/c2ccc(O)c(O)c2)SC1=S. The number of rotatable bonds is 11. The van der Waals surface area contributed by atoms with Crippen LogP contribution in [0.5, 0.6) is 11.5 Å². The number of hydrogen-bond acceptors (Lipinski definition) is 6. The lowest BCUT2D eigenvalue weighted by molar-refractivity contribution is -0.137. The van der Waals surface area contributed by atoms with Crippen molar-refractivity contribution < 1.29 is 24.9 Å². The van der Waals surface area contributed by atoms with E-state index in [-0.39, 0.29) is 23.8 Å². The third-order valence-corrected chi connectivity index (χ3v) is 5.82. The Labute approximate surface area is 174 Å². The fourth-order valence-electron chi connectivity index (χ4n) is 2.90. The topological polar surface area (TPSA) is 98.1 Å². The Kier molecular flexibility index (Phi) is 8.79. The molecule has 0 atom stereocenters. The van der Waals surface area contributed by atoms with E-state index in [9.17, 15) is 19.8 Å². The van der Waals surface area contributed by atoms with Crippen molar-refractivity contribution in [3.05, 3.63) is 28.7 Å². The van der Waals surface area contributed by atoms with E-state index in [4.69, 9.17) is 17.3 Å². The summed E-state index contributed by atoms with van der Waals surface area (Å²) in [6, 6.07) is 4.40. The lowest BCUT2D eigenvalue weighted by Gasteiger charge is -2.14. The molecule has 1 aliphatic rings. The third-order valence-electron chi connectivity index (χ3n) is 4.44. The Bertz CT molecular complexity index is 763. The number of carbonyl (C=O) groups is 2. The minimum atomic E-state index is -0.736. The van der Waals surface area contributed by atoms with Crippen molar-refractivity contribution in [1.29, 1.82) is 0 Å². The highest BCUT2D eigenvalue weighted by molar-refractivity contribution is 8.26. The minimum Gasteiger partial charge on any atom is -0.504 e. The molecule has 0 radical (unpaired) electrons. The Morgan fingerprint density at radius 2 is 1.68 bits per heavy atom. The van der Waals surface area contributed by atoms with Crippen molar-refractivity contribution >= 4 is 46.3 Å². The molecule has 1 amide bonds. The number of carboxylic acids is 1. The van der Waals surface area contributed by atoms with Gasteiger partial charge in [-0.15, -0.1) is 0 Å². The lowest BCUT2D eigenvalue weighted by atomic mass is 10.1. The van der Waals surface area contributed by atoms with Gasteiger partial charge in [0.1, 0.15) is 4.32 Å². The largest absolute Gasteiger partial charge is 0.504 e. The number of benzene rings is 1. The quantitative estimate of drug-likeness (QED) is 0.209. The third kappa shape index (κ3) is 6.83. The molecule has 1 saturated heterocycles. The molecule has 3 N–H and O–H groups in total. The van der Waals surface area contributed by atoms with Crippen molar-refractivity contribution in [2.75, 3.05) is 6.54 Å². The molecule has 0 unspecified atom stereocenters. The van der Waals surface area contributed by atoms with E-state index in [1.807, 2.05) is 0 Å². The summed E-state index contributed by atoms with van der Waals surface area (Å²) in [4.78, 5) is 25.1. The van der Waals surface area contributed by atoms with E-state index in [0.717, 1.165) is 44.9 Å². The van der Waals surface area contributed by atoms with Gasteiger partial charge in [-0.1, -0.05) is 62.2 Å². The highest BCUT2D eigenvalue weighted by atomic mass is 32.2. The summed E-state index contributed by atoms with van der Waals surface area (Å²) in [5.41, 5.74) is 0.624. The molecule has 0 saturated carbocycles. The number of thioether (sulfide) groups is 1. The zero-order valence-electron chi connectivity index (χ0n) is 15.6. The van der Waals surface area contributed by atoms with Crippen LogP contribution < -0.4 is 0 Å². The van der Waals surface area contributed by atoms with E-state index < -0.39 is 5.97 Å². The first-order valence-corrected chi connectivity index (χ1v) is 10.6. The average Bonchev–Trinajstić information content (AvgIpc) is 2.90. The maximum atomic E-state index is 12.6. The summed E-state index contributed by atoms with van der Waals surface area (Å²) in [5.74, 6) is -1.30. The van der Waals surface area contributed by atoms with Crippen molar-refractivity contribution in [3.8, 4) is 11.5 Å². The standard InChI is InChI=1S/C20H25NO5S2/c22-15-10-9-14(12-16(15)23)13-17-19(26)21(20(27)28-17)11-7-5-3-1-2-4-6-8-18(24)25/h9-10,12-13,22-23H,1-8,11H2,(H,24,25)/b17-13-. The maximum Gasteiger partial charge on any atom is 0.303 e. The molecule has 1 fully saturated rings. The van der Waals surface area contributed by atoms with E-state index in [1.165, 1.54) is 23.9 Å². The maximum absolute atomic E-state index is 12.6. The minimum absolute atomic E-state index is 0.128. The number of carboxylic acid groups (broad SMARTS) is 1. The van der Waals surface area contributed by atoms with Gasteiger partial charge in [-0.05, 0) is 36.6 Å². The molecule has 28 heavy (non-hydrogen) atoms. The number of aromatic hydroxyl groups is 2. The molecule has 8 heteroatoms. The van der Waals surface area contributed by atoms with Gasteiger partial charge in [0.05, 0.1) is 4.91 Å². The molecule has 1 aromatic carbocycles. The van der Waals surface area contributed by atoms with Crippen molar-refractivity contribution in [2.45, 2.75) is 51.4 Å². The zero-order valence-corrected chi connectivity index (χ0v) is 17.2. The number of phenolic OH excluding ortho intramolecular Hbond substituents is 2. The van der Waals surface area contributed by atoms with Gasteiger partial charge in [-0.25, -0.2) is 0 Å². The summed E-state index contributed by atoms with van der Waals surface area (Å²) in [6.07, 6.45) is 8.62. The van der Waals surface area contributed by atoms with Gasteiger partial charge in [0, 0.05) is 13.0 Å². The number of aliphatic carboxylic acids is 1. The number of thiocarbonyl (C=S) groups is 1. The highest BCUT2D eigenvalue weighted by Gasteiger charge is 2.31. The summed E-state index contributed by atoms with van der Waals surface area (Å²) in [5, 5.41) is 27.5. The Morgan fingerprint density at radius 1 is 1.04 bits per heavy atom. The van der Waals surface area contributed by atoms with Gasteiger partial charge in [0.25, 0.3) is 5.91 Å². The number of hydrogen-bond donors (Lipinski definition) is 3. The first-order chi connectivity index (χ1) is 13.4. The predicted octanol–water partition coefficient (Wildman–Crippen LogP) is 4.50. The molecule has 152 valence electrons. The van der Waals surface area contributed by atoms with Crippen molar-refractivity contribution in [1.82, 2.24) is 4.90 Å². The van der Waals surface area contributed by atoms with Crippen LogP contribution in [-0.4, -0.2) is 43.0 Å². The van der Waals surface area contributed by atoms with Crippen LogP contribution in [0.1, 0.15) is 56.9 Å². The number of phenols is 2. The number of unbranched alkanes of at least 4 members (excludes halogenated alkanes) is 6. The number of amides is 1. The summed E-state index contributed by atoms with van der Waals surface area (Å²) >= 11 is 6.56. The Hall–Kier alpha value is -2.06. The van der Waals surface area contributed by atoms with E-state index >= 15 is 0 Å². The van der Waals surface area contributed by atoms with Gasteiger partial charge < -0.3 is 15.3 Å². The van der Waals surface area contributed by atoms with Crippen molar-refractivity contribution in [2.24, 2.45) is 0 Å². The van der Waals surface area contributed by atoms with Crippen LogP contribution in [-0.2, 0) is 9.59 Å². The summed E-state index contributed by atoms with van der Waals surface area (Å²) < 4.78 is 0.535. The molecule has 1 heterocycles. The molecular formula is C20H25NO5S2. The van der Waals surface area contributed by atoms with Crippen LogP contribution in [0.15, 0.2) is 23.1 Å². The lowest BCUT2D eigenvalue weighted by Crippen LogP contribution is -2.29. The second-order valence-corrected chi connectivity index (χ2v) is 8.38. The van der Waals surface area contributed by atoms with E-state index in [0.29, 0.717) is 21.3 Å². The number of carbonyl (C=O) groups excluding carboxylic acids is 1.